The number of hydrogen-bond donors (Lipinski definition) is 0. The van der Waals surface area contributed by atoms with Gasteiger partial charge in [-0.15, -0.1) is 0 Å². The molecule has 0 saturated carbocycles. The summed E-state index contributed by atoms with van der Waals surface area (Å²) in [6.07, 6.45) is 1.90. The minimum Gasteiger partial charge on any atom is -0.452 e. The molecule has 2 rings (SSSR count). The van der Waals surface area contributed by atoms with Crippen LogP contribution in [0.5, 0.6) is 0 Å². The number of aryl methyl sites for hydroxylation is 1. The van der Waals surface area contributed by atoms with Crippen LogP contribution in [-0.2, 0) is 11.8 Å². The maximum atomic E-state index is 11.7. The standard InChI is InChI=1S/C8H8N4O3/c1-11-3-9-6-5(7(11)13)12(4-10-6)8(14)15-2/h3-4H,1-2H3. The molecule has 0 aromatic carbocycles. The third-order valence-corrected chi connectivity index (χ3v) is 2.00. The van der Waals surface area contributed by atoms with Crippen LogP contribution in [0.2, 0.25) is 0 Å². The lowest BCUT2D eigenvalue weighted by atomic mass is 10.5. The fraction of sp³-hybridized carbons (Fsp3) is 0.250. The predicted octanol–water partition coefficient (Wildman–Crippen LogP) is -0.256. The first-order valence-corrected chi connectivity index (χ1v) is 4.12. The molecule has 0 N–H and O–H groups in total. The van der Waals surface area contributed by atoms with Crippen molar-refractivity contribution >= 4 is 17.3 Å². The fourth-order valence-corrected chi connectivity index (χ4v) is 1.23. The van der Waals surface area contributed by atoms with Crippen molar-refractivity contribution in [2.24, 2.45) is 7.05 Å². The Morgan fingerprint density at radius 2 is 2.07 bits per heavy atom. The van der Waals surface area contributed by atoms with Gasteiger partial charge in [0.15, 0.2) is 11.2 Å². The van der Waals surface area contributed by atoms with E-state index in [1.54, 1.807) is 7.05 Å². The van der Waals surface area contributed by atoms with Gasteiger partial charge in [-0.2, -0.15) is 0 Å². The molecular weight excluding hydrogens is 200 g/mol. The van der Waals surface area contributed by atoms with Crippen molar-refractivity contribution in [2.45, 2.75) is 0 Å². The number of hydrogen-bond acceptors (Lipinski definition) is 5. The lowest BCUT2D eigenvalue weighted by Gasteiger charge is -2.00. The Balaban J connectivity index is 2.84. The summed E-state index contributed by atoms with van der Waals surface area (Å²) in [5.41, 5.74) is -0.00162. The second-order valence-electron chi connectivity index (χ2n) is 2.92. The van der Waals surface area contributed by atoms with Gasteiger partial charge in [-0.05, 0) is 0 Å². The molecule has 2 aromatic heterocycles. The molecule has 0 fully saturated rings. The molecule has 0 aliphatic carbocycles. The lowest BCUT2D eigenvalue weighted by molar-refractivity contribution is 0.174. The summed E-state index contributed by atoms with van der Waals surface area (Å²) in [7, 11) is 2.78. The predicted molar refractivity (Wildman–Crippen MR) is 50.6 cm³/mol. The summed E-state index contributed by atoms with van der Waals surface area (Å²) < 4.78 is 6.81. The molecule has 0 amide bonds. The number of nitrogens with zero attached hydrogens (tertiary/aromatic N) is 4. The molecule has 78 valence electrons. The molecule has 0 aliphatic heterocycles. The van der Waals surface area contributed by atoms with E-state index >= 15 is 0 Å². The highest BCUT2D eigenvalue weighted by Gasteiger charge is 2.14. The summed E-state index contributed by atoms with van der Waals surface area (Å²) in [6.45, 7) is 0. The lowest BCUT2D eigenvalue weighted by Crippen LogP contribution is -2.22. The second-order valence-corrected chi connectivity index (χ2v) is 2.92. The van der Waals surface area contributed by atoms with Gasteiger partial charge in [0.25, 0.3) is 5.56 Å². The quantitative estimate of drug-likeness (QED) is 0.596. The number of methoxy groups -OCH3 is 1. The molecule has 0 spiro atoms. The van der Waals surface area contributed by atoms with Crippen molar-refractivity contribution in [1.29, 1.82) is 0 Å². The van der Waals surface area contributed by atoms with E-state index in [0.29, 0.717) is 0 Å². The molecule has 7 nitrogen and oxygen atoms in total. The van der Waals surface area contributed by atoms with E-state index in [9.17, 15) is 9.59 Å². The van der Waals surface area contributed by atoms with E-state index in [1.165, 1.54) is 24.3 Å². The molecule has 0 radical (unpaired) electrons. The van der Waals surface area contributed by atoms with Gasteiger partial charge < -0.3 is 9.30 Å². The highest BCUT2D eigenvalue weighted by atomic mass is 16.5. The number of fused-ring (bicyclic) bond motifs is 1. The first kappa shape index (κ1) is 9.38. The Morgan fingerprint density at radius 1 is 1.40 bits per heavy atom. The first-order chi connectivity index (χ1) is 7.15. The third kappa shape index (κ3) is 1.28. The third-order valence-electron chi connectivity index (χ3n) is 2.00. The van der Waals surface area contributed by atoms with Gasteiger partial charge in [-0.3, -0.25) is 4.79 Å². The Labute approximate surface area is 83.9 Å². The maximum absolute atomic E-state index is 11.7. The van der Waals surface area contributed by atoms with Crippen molar-refractivity contribution in [3.8, 4) is 0 Å². The van der Waals surface area contributed by atoms with E-state index < -0.39 is 6.09 Å². The molecule has 2 heterocycles. The Hall–Kier alpha value is -2.18. The summed E-state index contributed by atoms with van der Waals surface area (Å²) >= 11 is 0. The van der Waals surface area contributed by atoms with Gasteiger partial charge in [0, 0.05) is 7.05 Å². The van der Waals surface area contributed by atoms with Gasteiger partial charge in [0.1, 0.15) is 6.33 Å². The number of rotatable bonds is 0. The minimum atomic E-state index is -0.664. The van der Waals surface area contributed by atoms with Crippen molar-refractivity contribution in [3.63, 3.8) is 0 Å². The number of ether oxygens (including phenoxy) is 1. The molecule has 0 saturated heterocycles. The van der Waals surface area contributed by atoms with Crippen molar-refractivity contribution < 1.29 is 9.53 Å². The van der Waals surface area contributed by atoms with E-state index in [2.05, 4.69) is 14.7 Å². The Morgan fingerprint density at radius 3 is 2.73 bits per heavy atom. The molecule has 7 heteroatoms. The zero-order valence-corrected chi connectivity index (χ0v) is 8.17. The number of carbonyl (C=O) groups is 1. The van der Waals surface area contributed by atoms with Crippen LogP contribution in [0.25, 0.3) is 11.2 Å². The second kappa shape index (κ2) is 3.19. The van der Waals surface area contributed by atoms with E-state index in [4.69, 9.17) is 0 Å². The molecule has 0 unspecified atom stereocenters. The van der Waals surface area contributed by atoms with Crippen LogP contribution in [0.4, 0.5) is 4.79 Å². The largest absolute Gasteiger partial charge is 0.452 e. The SMILES string of the molecule is COC(=O)n1cnc2ncn(C)c(=O)c21. The fourth-order valence-electron chi connectivity index (χ4n) is 1.23. The molecule has 2 aromatic rings. The summed E-state index contributed by atoms with van der Waals surface area (Å²) in [5.74, 6) is 0. The van der Waals surface area contributed by atoms with Crippen molar-refractivity contribution in [2.75, 3.05) is 7.11 Å². The van der Waals surface area contributed by atoms with Crippen LogP contribution in [0.15, 0.2) is 17.4 Å². The highest BCUT2D eigenvalue weighted by Crippen LogP contribution is 2.04. The molecule has 0 atom stereocenters. The van der Waals surface area contributed by atoms with Crippen LogP contribution in [0.3, 0.4) is 0 Å². The Bertz CT molecular complexity index is 583. The van der Waals surface area contributed by atoms with Crippen LogP contribution in [-0.4, -0.2) is 32.3 Å². The summed E-state index contributed by atoms with van der Waals surface area (Å²) in [5, 5.41) is 0. The normalized spacial score (nSPS) is 10.5. The first-order valence-electron chi connectivity index (χ1n) is 4.12. The van der Waals surface area contributed by atoms with Gasteiger partial charge in [0.2, 0.25) is 0 Å². The van der Waals surface area contributed by atoms with Gasteiger partial charge in [-0.25, -0.2) is 19.3 Å². The smallest absolute Gasteiger partial charge is 0.419 e. The zero-order valence-electron chi connectivity index (χ0n) is 8.17. The molecule has 0 aliphatic rings. The number of aromatic nitrogens is 4. The van der Waals surface area contributed by atoms with Crippen LogP contribution in [0, 0.1) is 0 Å². The average Bonchev–Trinajstić information content (AvgIpc) is 2.67. The number of carbonyl (C=O) groups excluding carboxylic acids is 1. The van der Waals surface area contributed by atoms with E-state index in [1.807, 2.05) is 0 Å². The van der Waals surface area contributed by atoms with Gasteiger partial charge >= 0.3 is 6.09 Å². The zero-order chi connectivity index (χ0) is 11.0. The average molecular weight is 208 g/mol. The molecule has 0 bridgehead atoms. The summed E-state index contributed by atoms with van der Waals surface area (Å²) in [4.78, 5) is 30.7. The van der Waals surface area contributed by atoms with Crippen LogP contribution < -0.4 is 5.56 Å². The van der Waals surface area contributed by atoms with E-state index in [-0.39, 0.29) is 16.7 Å². The summed E-state index contributed by atoms with van der Waals surface area (Å²) in [6, 6.07) is 0. The van der Waals surface area contributed by atoms with Crippen LogP contribution >= 0.6 is 0 Å². The maximum Gasteiger partial charge on any atom is 0.419 e. The van der Waals surface area contributed by atoms with Crippen LogP contribution in [0.1, 0.15) is 0 Å². The Kier molecular flexibility index (Phi) is 2.00. The topological polar surface area (TPSA) is 79.0 Å². The van der Waals surface area contributed by atoms with Crippen molar-refractivity contribution in [3.05, 3.63) is 23.0 Å². The van der Waals surface area contributed by atoms with Gasteiger partial charge in [0.05, 0.1) is 13.4 Å². The van der Waals surface area contributed by atoms with E-state index in [0.717, 1.165) is 4.57 Å². The van der Waals surface area contributed by atoms with Crippen molar-refractivity contribution in [1.82, 2.24) is 19.1 Å². The van der Waals surface area contributed by atoms with Gasteiger partial charge in [-0.1, -0.05) is 0 Å². The number of imidazole rings is 1. The monoisotopic (exact) mass is 208 g/mol. The molecule has 15 heavy (non-hydrogen) atoms. The molecular formula is C8H8N4O3. The highest BCUT2D eigenvalue weighted by molar-refractivity contribution is 5.83. The minimum absolute atomic E-state index is 0.117.